The molecule has 2 aromatic carbocycles. The van der Waals surface area contributed by atoms with Crippen molar-refractivity contribution in [3.63, 3.8) is 0 Å². The molecule has 2 amide bonds. The van der Waals surface area contributed by atoms with Crippen molar-refractivity contribution in [2.45, 2.75) is 25.7 Å². The predicted molar refractivity (Wildman–Crippen MR) is 87.8 cm³/mol. The summed E-state index contributed by atoms with van der Waals surface area (Å²) < 4.78 is 11.5. The molecular formula is C18H18N2O4. The molecule has 0 bridgehead atoms. The summed E-state index contributed by atoms with van der Waals surface area (Å²) in [5.74, 6) is 0.397. The van der Waals surface area contributed by atoms with Crippen molar-refractivity contribution in [2.75, 3.05) is 0 Å². The molecule has 0 unspecified atom stereocenters. The highest BCUT2D eigenvalue weighted by Gasteiger charge is 2.33. The van der Waals surface area contributed by atoms with Gasteiger partial charge in [0.2, 0.25) is 12.0 Å². The average Bonchev–Trinajstić information content (AvgIpc) is 2.59. The second-order valence-electron chi connectivity index (χ2n) is 5.59. The number of benzene rings is 2. The van der Waals surface area contributed by atoms with Crippen LogP contribution in [0.1, 0.15) is 22.8 Å². The van der Waals surface area contributed by atoms with Crippen molar-refractivity contribution in [1.29, 1.82) is 0 Å². The molecule has 2 atom stereocenters. The molecule has 3 rings (SSSR count). The van der Waals surface area contributed by atoms with Crippen molar-refractivity contribution in [3.05, 3.63) is 59.7 Å². The lowest BCUT2D eigenvalue weighted by atomic mass is 10.1. The molecule has 1 aliphatic heterocycles. The lowest BCUT2D eigenvalue weighted by Gasteiger charge is -2.31. The fourth-order valence-corrected chi connectivity index (χ4v) is 2.53. The van der Waals surface area contributed by atoms with Crippen LogP contribution in [-0.2, 0) is 11.3 Å². The Bertz CT molecular complexity index is 775. The molecule has 1 aliphatic rings. The van der Waals surface area contributed by atoms with Gasteiger partial charge in [-0.2, -0.15) is 0 Å². The first-order chi connectivity index (χ1) is 11.5. The maximum absolute atomic E-state index is 12.4. The molecule has 0 saturated carbocycles. The Hall–Kier alpha value is -3.02. The number of ether oxygens (including phenoxy) is 2. The third kappa shape index (κ3) is 3.32. The van der Waals surface area contributed by atoms with E-state index in [1.54, 1.807) is 37.3 Å². The highest BCUT2D eigenvalue weighted by atomic mass is 16.6. The van der Waals surface area contributed by atoms with Crippen molar-refractivity contribution in [2.24, 2.45) is 5.73 Å². The standard InChI is InChI=1S/C18H18N2O4/c1-11-16(24-15-8-3-2-7-14(15)23-11)18(22)20-10-12-5-4-6-13(9-12)17(19)21/h2-9,11,16H,10H2,1H3,(H2,19,21)(H,20,22)/t11-,16-/m1/s1. The van der Waals surface area contributed by atoms with E-state index < -0.39 is 18.1 Å². The first kappa shape index (κ1) is 15.9. The largest absolute Gasteiger partial charge is 0.482 e. The Kier molecular flexibility index (Phi) is 4.37. The number of primary amides is 1. The maximum atomic E-state index is 12.4. The van der Waals surface area contributed by atoms with E-state index in [4.69, 9.17) is 15.2 Å². The van der Waals surface area contributed by atoms with Gasteiger partial charge in [-0.15, -0.1) is 0 Å². The van der Waals surface area contributed by atoms with Gasteiger partial charge in [0.1, 0.15) is 6.10 Å². The summed E-state index contributed by atoms with van der Waals surface area (Å²) in [6.07, 6.45) is -1.14. The molecule has 6 heteroatoms. The van der Waals surface area contributed by atoms with Crippen molar-refractivity contribution < 1.29 is 19.1 Å². The molecule has 1 heterocycles. The third-order valence-electron chi connectivity index (χ3n) is 3.78. The summed E-state index contributed by atoms with van der Waals surface area (Å²) in [4.78, 5) is 23.6. The van der Waals surface area contributed by atoms with E-state index in [2.05, 4.69) is 5.32 Å². The summed E-state index contributed by atoms with van der Waals surface area (Å²) >= 11 is 0. The second kappa shape index (κ2) is 6.62. The van der Waals surface area contributed by atoms with E-state index in [1.807, 2.05) is 18.2 Å². The Balaban J connectivity index is 1.65. The van der Waals surface area contributed by atoms with Gasteiger partial charge >= 0.3 is 0 Å². The van der Waals surface area contributed by atoms with E-state index in [-0.39, 0.29) is 12.5 Å². The number of carbonyl (C=O) groups is 2. The van der Waals surface area contributed by atoms with E-state index in [0.717, 1.165) is 5.56 Å². The topological polar surface area (TPSA) is 90.7 Å². The molecule has 2 aromatic rings. The summed E-state index contributed by atoms with van der Waals surface area (Å²) in [7, 11) is 0. The van der Waals surface area contributed by atoms with Gasteiger partial charge in [0, 0.05) is 12.1 Å². The van der Waals surface area contributed by atoms with Crippen molar-refractivity contribution in [1.82, 2.24) is 5.32 Å². The number of para-hydroxylation sites is 2. The third-order valence-corrected chi connectivity index (χ3v) is 3.78. The highest BCUT2D eigenvalue weighted by Crippen LogP contribution is 2.33. The van der Waals surface area contributed by atoms with E-state index in [0.29, 0.717) is 17.1 Å². The zero-order valence-electron chi connectivity index (χ0n) is 13.2. The lowest BCUT2D eigenvalue weighted by Crippen LogP contribution is -2.48. The Morgan fingerprint density at radius 2 is 1.79 bits per heavy atom. The number of hydrogen-bond donors (Lipinski definition) is 2. The van der Waals surface area contributed by atoms with E-state index in [1.165, 1.54) is 0 Å². The van der Waals surface area contributed by atoms with Crippen LogP contribution in [-0.4, -0.2) is 24.0 Å². The van der Waals surface area contributed by atoms with Crippen LogP contribution in [0, 0.1) is 0 Å². The van der Waals surface area contributed by atoms with Gasteiger partial charge < -0.3 is 20.5 Å². The number of nitrogens with one attached hydrogen (secondary N) is 1. The van der Waals surface area contributed by atoms with Gasteiger partial charge in [-0.3, -0.25) is 9.59 Å². The van der Waals surface area contributed by atoms with Gasteiger partial charge in [-0.05, 0) is 36.8 Å². The number of amides is 2. The number of carbonyl (C=O) groups excluding carboxylic acids is 2. The zero-order valence-corrected chi connectivity index (χ0v) is 13.2. The van der Waals surface area contributed by atoms with Crippen molar-refractivity contribution >= 4 is 11.8 Å². The van der Waals surface area contributed by atoms with Gasteiger partial charge in [0.15, 0.2) is 11.5 Å². The minimum atomic E-state index is -0.737. The maximum Gasteiger partial charge on any atom is 0.265 e. The quantitative estimate of drug-likeness (QED) is 0.893. The summed E-state index contributed by atoms with van der Waals surface area (Å²) in [5.41, 5.74) is 6.44. The van der Waals surface area contributed by atoms with Crippen LogP contribution in [0.4, 0.5) is 0 Å². The Morgan fingerprint density at radius 3 is 2.50 bits per heavy atom. The number of rotatable bonds is 4. The molecule has 0 fully saturated rings. The first-order valence-electron chi connectivity index (χ1n) is 7.63. The lowest BCUT2D eigenvalue weighted by molar-refractivity contribution is -0.133. The van der Waals surface area contributed by atoms with Crippen LogP contribution in [0.25, 0.3) is 0 Å². The Morgan fingerprint density at radius 1 is 1.08 bits per heavy atom. The minimum Gasteiger partial charge on any atom is -0.482 e. The molecule has 0 spiro atoms. The average molecular weight is 326 g/mol. The fraction of sp³-hybridized carbons (Fsp3) is 0.222. The van der Waals surface area contributed by atoms with E-state index in [9.17, 15) is 9.59 Å². The summed E-state index contributed by atoms with van der Waals surface area (Å²) in [6, 6.07) is 14.0. The molecule has 24 heavy (non-hydrogen) atoms. The first-order valence-corrected chi connectivity index (χ1v) is 7.63. The van der Waals surface area contributed by atoms with Crippen LogP contribution >= 0.6 is 0 Å². The molecule has 124 valence electrons. The fourth-order valence-electron chi connectivity index (χ4n) is 2.53. The zero-order chi connectivity index (χ0) is 17.1. The molecule has 6 nitrogen and oxygen atoms in total. The molecule has 3 N–H and O–H groups in total. The molecular weight excluding hydrogens is 308 g/mol. The monoisotopic (exact) mass is 326 g/mol. The van der Waals surface area contributed by atoms with Crippen LogP contribution < -0.4 is 20.5 Å². The number of hydrogen-bond acceptors (Lipinski definition) is 4. The SMILES string of the molecule is C[C@H]1Oc2ccccc2O[C@H]1C(=O)NCc1cccc(C(N)=O)c1. The second-order valence-corrected chi connectivity index (χ2v) is 5.59. The van der Waals surface area contributed by atoms with Crippen molar-refractivity contribution in [3.8, 4) is 11.5 Å². The Labute approximate surface area is 139 Å². The molecule has 0 aromatic heterocycles. The van der Waals surface area contributed by atoms with Crippen LogP contribution in [0.5, 0.6) is 11.5 Å². The molecule has 0 aliphatic carbocycles. The van der Waals surface area contributed by atoms with E-state index >= 15 is 0 Å². The minimum absolute atomic E-state index is 0.272. The van der Waals surface area contributed by atoms with Gasteiger partial charge in [0.05, 0.1) is 0 Å². The smallest absolute Gasteiger partial charge is 0.265 e. The number of nitrogens with two attached hydrogens (primary N) is 1. The van der Waals surface area contributed by atoms with Crippen LogP contribution in [0.3, 0.4) is 0 Å². The van der Waals surface area contributed by atoms with Gasteiger partial charge in [0.25, 0.3) is 5.91 Å². The van der Waals surface area contributed by atoms with Crippen LogP contribution in [0.2, 0.25) is 0 Å². The summed E-state index contributed by atoms with van der Waals surface area (Å²) in [6.45, 7) is 2.06. The van der Waals surface area contributed by atoms with Crippen LogP contribution in [0.15, 0.2) is 48.5 Å². The molecule has 0 radical (unpaired) electrons. The molecule has 0 saturated heterocycles. The normalized spacial score (nSPS) is 18.7. The predicted octanol–water partition coefficient (Wildman–Crippen LogP) is 1.63. The van der Waals surface area contributed by atoms with Gasteiger partial charge in [-0.25, -0.2) is 0 Å². The highest BCUT2D eigenvalue weighted by molar-refractivity contribution is 5.92. The van der Waals surface area contributed by atoms with Gasteiger partial charge in [-0.1, -0.05) is 24.3 Å². The summed E-state index contributed by atoms with van der Waals surface area (Å²) in [5, 5.41) is 2.80. The number of fused-ring (bicyclic) bond motifs is 1.